The van der Waals surface area contributed by atoms with E-state index in [9.17, 15) is 10.2 Å². The molecule has 0 saturated heterocycles. The molecule has 3 N–H and O–H groups in total. The highest BCUT2D eigenvalue weighted by atomic mass is 16.3. The molecule has 21 heavy (non-hydrogen) atoms. The second-order valence-corrected chi connectivity index (χ2v) is 6.89. The number of phenolic OH excluding ortho intramolecular Hbond substituents is 1. The predicted molar refractivity (Wildman–Crippen MR) is 84.4 cm³/mol. The summed E-state index contributed by atoms with van der Waals surface area (Å²) in [6.45, 7) is 2.92. The van der Waals surface area contributed by atoms with Crippen molar-refractivity contribution in [3.63, 3.8) is 0 Å². The van der Waals surface area contributed by atoms with Gasteiger partial charge in [-0.15, -0.1) is 0 Å². The van der Waals surface area contributed by atoms with Gasteiger partial charge in [-0.2, -0.15) is 0 Å². The van der Waals surface area contributed by atoms with Gasteiger partial charge in [-0.05, 0) is 61.6 Å². The minimum absolute atomic E-state index is 0.278. The summed E-state index contributed by atoms with van der Waals surface area (Å²) in [6, 6.07) is 6.05. The quantitative estimate of drug-likeness (QED) is 0.797. The first-order valence-corrected chi connectivity index (χ1v) is 8.38. The first-order valence-electron chi connectivity index (χ1n) is 8.38. The summed E-state index contributed by atoms with van der Waals surface area (Å²) in [4.78, 5) is 0. The maximum absolute atomic E-state index is 10.7. The van der Waals surface area contributed by atoms with E-state index in [0.717, 1.165) is 50.0 Å². The van der Waals surface area contributed by atoms with Gasteiger partial charge in [-0.3, -0.25) is 0 Å². The summed E-state index contributed by atoms with van der Waals surface area (Å²) in [5, 5.41) is 24.2. The van der Waals surface area contributed by atoms with Gasteiger partial charge in [0.2, 0.25) is 0 Å². The average Bonchev–Trinajstić information content (AvgIpc) is 2.91. The molecule has 0 aromatic heterocycles. The molecule has 1 saturated carbocycles. The summed E-state index contributed by atoms with van der Waals surface area (Å²) < 4.78 is 0. The van der Waals surface area contributed by atoms with E-state index in [1.54, 1.807) is 6.07 Å². The molecule has 0 amide bonds. The van der Waals surface area contributed by atoms with Crippen LogP contribution in [0.5, 0.6) is 5.75 Å². The van der Waals surface area contributed by atoms with Crippen molar-refractivity contribution in [3.05, 3.63) is 29.3 Å². The molecule has 1 aromatic rings. The van der Waals surface area contributed by atoms with Gasteiger partial charge in [0.25, 0.3) is 0 Å². The summed E-state index contributed by atoms with van der Waals surface area (Å²) in [5.74, 6) is 1.22. The van der Waals surface area contributed by atoms with Crippen LogP contribution < -0.4 is 5.32 Å². The highest BCUT2D eigenvalue weighted by Gasteiger charge is 2.34. The number of phenols is 1. The third-order valence-corrected chi connectivity index (χ3v) is 5.54. The maximum atomic E-state index is 10.7. The van der Waals surface area contributed by atoms with E-state index in [1.165, 1.54) is 12.0 Å². The first kappa shape index (κ1) is 14.9. The van der Waals surface area contributed by atoms with Gasteiger partial charge < -0.3 is 15.5 Å². The number of aliphatic hydroxyl groups is 1. The second-order valence-electron chi connectivity index (χ2n) is 6.89. The topological polar surface area (TPSA) is 52.5 Å². The molecule has 1 fully saturated rings. The van der Waals surface area contributed by atoms with E-state index in [-0.39, 0.29) is 6.04 Å². The fraction of sp³-hybridized carbons (Fsp3) is 0.667. The lowest BCUT2D eigenvalue weighted by Gasteiger charge is -2.36. The third-order valence-electron chi connectivity index (χ3n) is 5.54. The van der Waals surface area contributed by atoms with Crippen molar-refractivity contribution in [2.75, 3.05) is 6.54 Å². The molecule has 3 heteroatoms. The number of benzene rings is 1. The number of hydrogen-bond acceptors (Lipinski definition) is 3. The van der Waals surface area contributed by atoms with Crippen molar-refractivity contribution in [3.8, 4) is 5.75 Å². The minimum atomic E-state index is -0.536. The van der Waals surface area contributed by atoms with Gasteiger partial charge >= 0.3 is 0 Å². The van der Waals surface area contributed by atoms with Crippen LogP contribution in [0.3, 0.4) is 0 Å². The highest BCUT2D eigenvalue weighted by Crippen LogP contribution is 2.38. The monoisotopic (exact) mass is 289 g/mol. The van der Waals surface area contributed by atoms with Crippen molar-refractivity contribution in [2.45, 2.75) is 63.5 Å². The molecule has 3 rings (SSSR count). The summed E-state index contributed by atoms with van der Waals surface area (Å²) in [7, 11) is 0. The molecule has 0 aliphatic heterocycles. The van der Waals surface area contributed by atoms with Crippen LogP contribution in [0.1, 0.15) is 62.6 Å². The van der Waals surface area contributed by atoms with Crippen molar-refractivity contribution in [1.82, 2.24) is 5.32 Å². The molecule has 0 radical (unpaired) electrons. The Morgan fingerprint density at radius 2 is 2.00 bits per heavy atom. The lowest BCUT2D eigenvalue weighted by Crippen LogP contribution is -2.44. The standard InChI is InChI=1S/C18H27NO2/c1-2-13-8-10-18(21,11-9-13)12-19-16-7-6-15-14(16)4-3-5-17(15)20/h3-5,13,16,19-21H,2,6-12H2,1H3. The first-order chi connectivity index (χ1) is 10.1. The van der Waals surface area contributed by atoms with E-state index in [2.05, 4.69) is 18.3 Å². The number of aromatic hydroxyl groups is 1. The van der Waals surface area contributed by atoms with Gasteiger partial charge in [-0.25, -0.2) is 0 Å². The van der Waals surface area contributed by atoms with Crippen molar-refractivity contribution in [2.24, 2.45) is 5.92 Å². The summed E-state index contributed by atoms with van der Waals surface area (Å²) >= 11 is 0. The maximum Gasteiger partial charge on any atom is 0.119 e. The van der Waals surface area contributed by atoms with Crippen LogP contribution in [0.25, 0.3) is 0 Å². The van der Waals surface area contributed by atoms with Gasteiger partial charge in [0, 0.05) is 12.6 Å². The predicted octanol–water partition coefficient (Wildman–Crippen LogP) is 3.30. The van der Waals surface area contributed by atoms with Crippen LogP contribution in [0.15, 0.2) is 18.2 Å². The van der Waals surface area contributed by atoms with E-state index in [1.807, 2.05) is 6.07 Å². The number of rotatable bonds is 4. The fourth-order valence-corrected chi connectivity index (χ4v) is 3.96. The molecular formula is C18H27NO2. The highest BCUT2D eigenvalue weighted by molar-refractivity contribution is 5.44. The van der Waals surface area contributed by atoms with Crippen LogP contribution in [0, 0.1) is 5.92 Å². The number of hydrogen-bond donors (Lipinski definition) is 3. The van der Waals surface area contributed by atoms with Crippen LogP contribution in [0.4, 0.5) is 0 Å². The van der Waals surface area contributed by atoms with Gasteiger partial charge in [-0.1, -0.05) is 25.5 Å². The lowest BCUT2D eigenvalue weighted by atomic mass is 9.77. The molecule has 1 atom stereocenters. The van der Waals surface area contributed by atoms with Crippen LogP contribution in [-0.2, 0) is 6.42 Å². The average molecular weight is 289 g/mol. The zero-order valence-electron chi connectivity index (χ0n) is 12.9. The third kappa shape index (κ3) is 3.09. The Hall–Kier alpha value is -1.06. The Kier molecular flexibility index (Phi) is 4.23. The lowest BCUT2D eigenvalue weighted by molar-refractivity contribution is -0.0106. The molecule has 2 aliphatic carbocycles. The summed E-state index contributed by atoms with van der Waals surface area (Å²) in [5.41, 5.74) is 1.75. The fourth-order valence-electron chi connectivity index (χ4n) is 3.96. The van der Waals surface area contributed by atoms with Crippen molar-refractivity contribution < 1.29 is 10.2 Å². The minimum Gasteiger partial charge on any atom is -0.508 e. The summed E-state index contributed by atoms with van der Waals surface area (Å²) in [6.07, 6.45) is 7.30. The number of nitrogens with one attached hydrogen (secondary N) is 1. The smallest absolute Gasteiger partial charge is 0.119 e. The molecule has 1 unspecified atom stereocenters. The Balaban J connectivity index is 1.59. The normalized spacial score (nSPS) is 32.1. The molecule has 2 aliphatic rings. The SMILES string of the molecule is CCC1CCC(O)(CNC2CCc3c(O)cccc32)CC1. The Morgan fingerprint density at radius 3 is 2.71 bits per heavy atom. The van der Waals surface area contributed by atoms with E-state index in [4.69, 9.17) is 0 Å². The van der Waals surface area contributed by atoms with E-state index >= 15 is 0 Å². The van der Waals surface area contributed by atoms with Crippen molar-refractivity contribution >= 4 is 0 Å². The zero-order chi connectivity index (χ0) is 14.9. The zero-order valence-corrected chi connectivity index (χ0v) is 12.9. The molecule has 116 valence electrons. The van der Waals surface area contributed by atoms with Gasteiger partial charge in [0.1, 0.15) is 5.75 Å². The van der Waals surface area contributed by atoms with Crippen LogP contribution >= 0.6 is 0 Å². The van der Waals surface area contributed by atoms with Crippen molar-refractivity contribution in [1.29, 1.82) is 0 Å². The van der Waals surface area contributed by atoms with E-state index < -0.39 is 5.60 Å². The Labute approximate surface area is 127 Å². The van der Waals surface area contributed by atoms with Gasteiger partial charge in [0.05, 0.1) is 5.60 Å². The molecule has 0 heterocycles. The largest absolute Gasteiger partial charge is 0.508 e. The Bertz CT molecular complexity index is 492. The van der Waals surface area contributed by atoms with Crippen LogP contribution in [-0.4, -0.2) is 22.4 Å². The molecule has 1 aromatic carbocycles. The van der Waals surface area contributed by atoms with Gasteiger partial charge in [0.15, 0.2) is 0 Å². The molecule has 0 bridgehead atoms. The Morgan fingerprint density at radius 1 is 1.24 bits per heavy atom. The molecular weight excluding hydrogens is 262 g/mol. The van der Waals surface area contributed by atoms with E-state index in [0.29, 0.717) is 12.3 Å². The van der Waals surface area contributed by atoms with Crippen LogP contribution in [0.2, 0.25) is 0 Å². The second kappa shape index (κ2) is 5.98. The number of fused-ring (bicyclic) bond motifs is 1. The molecule has 3 nitrogen and oxygen atoms in total. The molecule has 0 spiro atoms.